The molecule has 0 radical (unpaired) electrons. The number of hydrogen-bond donors (Lipinski definition) is 3. The van der Waals surface area contributed by atoms with Gasteiger partial charge in [-0.15, -0.1) is 11.8 Å². The van der Waals surface area contributed by atoms with Crippen LogP contribution in [0.5, 0.6) is 17.2 Å². The van der Waals surface area contributed by atoms with Gasteiger partial charge in [0.2, 0.25) is 35.4 Å². The molecular weight excluding hydrogens is 1020 g/mol. The molecular formula is C51H68N6O14S3. The number of nitrogens with zero attached hydrogens (tertiary/aromatic N) is 3. The Balaban J connectivity index is 0.000000555. The molecule has 6 amide bonds. The van der Waals surface area contributed by atoms with E-state index >= 15 is 0 Å². The van der Waals surface area contributed by atoms with Crippen LogP contribution in [0.1, 0.15) is 58.2 Å². The van der Waals surface area contributed by atoms with Crippen molar-refractivity contribution in [2.75, 3.05) is 65.5 Å². The van der Waals surface area contributed by atoms with E-state index in [2.05, 4.69) is 16.0 Å². The smallest absolute Gasteiger partial charge is 0.372 e. The summed E-state index contributed by atoms with van der Waals surface area (Å²) in [4.78, 5) is 131. The number of ketones is 3. The van der Waals surface area contributed by atoms with Crippen molar-refractivity contribution in [3.05, 3.63) is 89.5 Å². The third-order valence-corrected chi connectivity index (χ3v) is 11.7. The third kappa shape index (κ3) is 29.1. The zero-order chi connectivity index (χ0) is 56.1. The predicted octanol–water partition coefficient (Wildman–Crippen LogP) is 4.77. The summed E-state index contributed by atoms with van der Waals surface area (Å²) in [7, 11) is 9.60. The molecule has 3 rings (SSSR count). The maximum Gasteiger partial charge on any atom is 0.372 e. The lowest BCUT2D eigenvalue weighted by molar-refractivity contribution is -0.133. The van der Waals surface area contributed by atoms with Gasteiger partial charge >= 0.3 is 10.6 Å². The molecule has 0 spiro atoms. The van der Waals surface area contributed by atoms with Crippen molar-refractivity contribution in [2.45, 2.75) is 78.9 Å². The number of rotatable bonds is 23. The Morgan fingerprint density at radius 2 is 0.689 bits per heavy atom. The maximum atomic E-state index is 12.0. The number of thioether (sulfide) groups is 3. The van der Waals surface area contributed by atoms with Crippen molar-refractivity contribution >= 4 is 98.7 Å². The Hall–Kier alpha value is -6.72. The Labute approximate surface area is 445 Å². The van der Waals surface area contributed by atoms with Crippen LogP contribution >= 0.6 is 35.3 Å². The minimum absolute atomic E-state index is 0.0508. The van der Waals surface area contributed by atoms with E-state index in [0.717, 1.165) is 40.2 Å². The van der Waals surface area contributed by atoms with E-state index in [1.807, 2.05) is 24.3 Å². The second-order valence-corrected chi connectivity index (χ2v) is 19.9. The zero-order valence-electron chi connectivity index (χ0n) is 43.9. The minimum Gasteiger partial charge on any atom is -0.483 e. The Morgan fingerprint density at radius 3 is 0.946 bits per heavy atom. The minimum atomic E-state index is -0.803. The van der Waals surface area contributed by atoms with E-state index < -0.39 is 28.7 Å². The number of hydrogen-bond acceptors (Lipinski definition) is 17. The molecule has 74 heavy (non-hydrogen) atoms. The lowest BCUT2D eigenvalue weighted by Crippen LogP contribution is -2.47. The molecule has 3 aromatic carbocycles. The fraction of sp³-hybridized carbons (Fsp3) is 0.431. The summed E-state index contributed by atoms with van der Waals surface area (Å²) in [6, 6.07) is 18.4. The van der Waals surface area contributed by atoms with Crippen molar-refractivity contribution in [3.63, 3.8) is 0 Å². The van der Waals surface area contributed by atoms with Crippen LogP contribution in [-0.2, 0) is 62.4 Å². The molecule has 0 saturated carbocycles. The molecule has 3 N–H and O–H groups in total. The van der Waals surface area contributed by atoms with Gasteiger partial charge in [-0.05, 0) is 97.4 Å². The van der Waals surface area contributed by atoms with Crippen LogP contribution in [0.2, 0.25) is 0 Å². The first-order chi connectivity index (χ1) is 34.7. The molecule has 0 aliphatic carbocycles. The van der Waals surface area contributed by atoms with Crippen LogP contribution in [-0.4, -0.2) is 162 Å². The molecule has 0 bridgehead atoms. The Kier molecular flexibility index (Phi) is 30.6. The monoisotopic (exact) mass is 1080 g/mol. The second kappa shape index (κ2) is 34.7. The molecule has 0 heterocycles. The molecule has 0 aromatic heterocycles. The van der Waals surface area contributed by atoms with Crippen LogP contribution in [0.4, 0.5) is 9.59 Å². The van der Waals surface area contributed by atoms with Crippen molar-refractivity contribution in [1.29, 1.82) is 0 Å². The number of benzene rings is 3. The first-order valence-electron chi connectivity index (χ1n) is 22.8. The van der Waals surface area contributed by atoms with Crippen LogP contribution in [0.25, 0.3) is 0 Å². The zero-order valence-corrected chi connectivity index (χ0v) is 46.3. The number of amides is 6. The Bertz CT molecular complexity index is 2270. The van der Waals surface area contributed by atoms with Gasteiger partial charge in [0.25, 0.3) is 0 Å². The van der Waals surface area contributed by atoms with E-state index in [9.17, 15) is 52.7 Å². The van der Waals surface area contributed by atoms with E-state index in [4.69, 9.17) is 14.2 Å². The molecule has 20 nitrogen and oxygen atoms in total. The van der Waals surface area contributed by atoms with Gasteiger partial charge in [0.15, 0.2) is 0 Å². The van der Waals surface area contributed by atoms with Crippen molar-refractivity contribution in [2.24, 2.45) is 0 Å². The second-order valence-electron chi connectivity index (χ2n) is 17.0. The number of nitrogens with one attached hydrogen (secondary N) is 3. The fourth-order valence-corrected chi connectivity index (χ4v) is 8.09. The normalized spacial score (nSPS) is 11.4. The summed E-state index contributed by atoms with van der Waals surface area (Å²) in [5.41, 5.74) is 2.62. The summed E-state index contributed by atoms with van der Waals surface area (Å²) >= 11 is 3.03. The lowest BCUT2D eigenvalue weighted by Gasteiger charge is -2.20. The number of Topliss-reactive ketones (excluding diaryl/α,β-unsaturated/α-hetero) is 3. The van der Waals surface area contributed by atoms with Gasteiger partial charge in [0, 0.05) is 99.6 Å². The highest BCUT2D eigenvalue weighted by molar-refractivity contribution is 8.13. The van der Waals surface area contributed by atoms with Crippen LogP contribution in [0, 0.1) is 0 Å². The van der Waals surface area contributed by atoms with Crippen molar-refractivity contribution in [3.8, 4) is 17.2 Å². The van der Waals surface area contributed by atoms with Gasteiger partial charge in [0.05, 0.1) is 0 Å². The molecule has 0 aliphatic rings. The lowest BCUT2D eigenvalue weighted by atomic mass is 10.1. The van der Waals surface area contributed by atoms with Crippen LogP contribution in [0.3, 0.4) is 0 Å². The van der Waals surface area contributed by atoms with Gasteiger partial charge < -0.3 is 44.9 Å². The predicted molar refractivity (Wildman–Crippen MR) is 286 cm³/mol. The largest absolute Gasteiger partial charge is 0.483 e. The van der Waals surface area contributed by atoms with E-state index in [0.29, 0.717) is 48.2 Å². The SMILES string of the molecule is CC(=O)Cc1ccc(OC(=O)SC[C@@H](NC(C)=O)C(=O)N(C)C)cc1.CC(=O)Cc1ccc(OC(=O)SC[C@H](NC(C)=O)C(=O)N(C)C)cc1.CC(=O)Cc1ccc(OCSCC(NC(C)=O)C(=O)N(C)C)cc1. The molecule has 23 heteroatoms. The summed E-state index contributed by atoms with van der Waals surface area (Å²) in [6.45, 7) is 8.57. The number of carbonyl (C=O) groups is 11. The highest BCUT2D eigenvalue weighted by Gasteiger charge is 2.25. The Morgan fingerprint density at radius 1 is 0.419 bits per heavy atom. The standard InChI is InChI=1S/2C17H22N2O5S.C17H24N2O4S/c2*1-11(20)9-13-5-7-14(8-6-13)24-17(23)25-10-15(18-12(2)21)16(22)19(3)4;1-12(20)9-14-5-7-15(8-6-14)23-11-24-10-16(18-13(2)21)17(22)19(3)4/h2*5-8,15H,9-10H2,1-4H3,(H,18,21);5-8,16H,9-11H2,1-4H3,(H,18,21)/t2*15-;/m10./s1. The van der Waals surface area contributed by atoms with Crippen LogP contribution in [0.15, 0.2) is 72.8 Å². The van der Waals surface area contributed by atoms with Crippen molar-refractivity contribution < 1.29 is 67.0 Å². The van der Waals surface area contributed by atoms with E-state index in [1.165, 1.54) is 61.1 Å². The van der Waals surface area contributed by atoms with Gasteiger partial charge in [-0.3, -0.25) is 43.2 Å². The topological polar surface area (TPSA) is 261 Å². The first-order valence-corrected chi connectivity index (χ1v) is 25.9. The summed E-state index contributed by atoms with van der Waals surface area (Å²) in [5.74, 6) is 0.850. The van der Waals surface area contributed by atoms with Gasteiger partial charge in [-0.1, -0.05) is 36.4 Å². The summed E-state index contributed by atoms with van der Waals surface area (Å²) in [5, 5.41) is 6.51. The summed E-state index contributed by atoms with van der Waals surface area (Å²) < 4.78 is 15.9. The highest BCUT2D eigenvalue weighted by atomic mass is 32.2. The molecule has 3 atom stereocenters. The quantitative estimate of drug-likeness (QED) is 0.0656. The number of carbonyl (C=O) groups excluding carboxylic acids is 11. The fourth-order valence-electron chi connectivity index (χ4n) is 5.94. The first kappa shape index (κ1) is 65.3. The molecule has 0 fully saturated rings. The highest BCUT2D eigenvalue weighted by Crippen LogP contribution is 2.20. The van der Waals surface area contributed by atoms with Gasteiger partial charge in [-0.2, -0.15) is 0 Å². The van der Waals surface area contributed by atoms with Gasteiger partial charge in [0.1, 0.15) is 58.7 Å². The number of ether oxygens (including phenoxy) is 3. The average Bonchev–Trinajstić information content (AvgIpc) is 3.30. The molecule has 404 valence electrons. The number of likely N-dealkylation sites (N-methyl/N-ethyl adjacent to an activating group) is 3. The average molecular weight is 1090 g/mol. The van der Waals surface area contributed by atoms with Gasteiger partial charge in [-0.25, -0.2) is 9.59 Å². The maximum absolute atomic E-state index is 12.0. The van der Waals surface area contributed by atoms with Crippen LogP contribution < -0.4 is 30.2 Å². The molecule has 0 aliphatic heterocycles. The van der Waals surface area contributed by atoms with E-state index in [1.54, 1.807) is 97.7 Å². The molecule has 0 saturated heterocycles. The molecule has 1 unspecified atom stereocenters. The van der Waals surface area contributed by atoms with Crippen molar-refractivity contribution in [1.82, 2.24) is 30.7 Å². The third-order valence-electron chi connectivity index (χ3n) is 9.21. The molecule has 3 aromatic rings. The van der Waals surface area contributed by atoms with E-state index in [-0.39, 0.29) is 64.3 Å². The summed E-state index contributed by atoms with van der Waals surface area (Å²) in [6.07, 6.45) is 1.07.